The number of rotatable bonds is 7. The van der Waals surface area contributed by atoms with Crippen molar-refractivity contribution < 1.29 is 0 Å². The van der Waals surface area contributed by atoms with Gasteiger partial charge in [-0.3, -0.25) is 0 Å². The van der Waals surface area contributed by atoms with E-state index in [0.717, 1.165) is 39.0 Å². The zero-order valence-electron chi connectivity index (χ0n) is 34.5. The summed E-state index contributed by atoms with van der Waals surface area (Å²) in [7, 11) is 0. The van der Waals surface area contributed by atoms with E-state index in [1.54, 1.807) is 0 Å². The summed E-state index contributed by atoms with van der Waals surface area (Å²) in [6.07, 6.45) is 0. The number of hydrogen-bond donors (Lipinski definition) is 0. The van der Waals surface area contributed by atoms with Gasteiger partial charge in [0.25, 0.3) is 0 Å². The molecule has 12 rings (SSSR count). The summed E-state index contributed by atoms with van der Waals surface area (Å²) in [5, 5.41) is 4.81. The first-order chi connectivity index (χ1) is 31.2. The summed E-state index contributed by atoms with van der Waals surface area (Å²) >= 11 is 0. The average molecular weight is 801 g/mol. The number of nitrogens with zero attached hydrogens (tertiary/aromatic N) is 2. The summed E-state index contributed by atoms with van der Waals surface area (Å²) in [6.45, 7) is 0. The highest BCUT2D eigenvalue weighted by Crippen LogP contribution is 2.59. The summed E-state index contributed by atoms with van der Waals surface area (Å²) < 4.78 is 0. The fourth-order valence-corrected chi connectivity index (χ4v) is 10.2. The van der Waals surface area contributed by atoms with Crippen molar-refractivity contribution in [1.29, 1.82) is 0 Å². The Labute approximate surface area is 367 Å². The maximum atomic E-state index is 5.23. The fraction of sp³-hybridized carbons (Fsp3) is 0.0164. The minimum absolute atomic E-state index is 0.549. The molecule has 0 N–H and O–H groups in total. The highest BCUT2D eigenvalue weighted by Gasteiger charge is 2.47. The van der Waals surface area contributed by atoms with Gasteiger partial charge in [-0.2, -0.15) is 0 Å². The van der Waals surface area contributed by atoms with Gasteiger partial charge in [0.15, 0.2) is 5.82 Å². The first-order valence-electron chi connectivity index (χ1n) is 21.6. The van der Waals surface area contributed by atoms with Crippen LogP contribution in [-0.2, 0) is 5.41 Å². The Kier molecular flexibility index (Phi) is 8.76. The lowest BCUT2D eigenvalue weighted by molar-refractivity contribution is 0.771. The Morgan fingerprint density at radius 3 is 1.46 bits per heavy atom. The Bertz CT molecular complexity index is 3390. The van der Waals surface area contributed by atoms with Gasteiger partial charge in [-0.05, 0) is 101 Å². The van der Waals surface area contributed by atoms with Crippen LogP contribution in [0.3, 0.4) is 0 Å². The van der Waals surface area contributed by atoms with Crippen molar-refractivity contribution >= 4 is 21.5 Å². The number of aromatic nitrogens is 2. The van der Waals surface area contributed by atoms with E-state index in [2.05, 4.69) is 218 Å². The fourth-order valence-electron chi connectivity index (χ4n) is 10.2. The normalized spacial score (nSPS) is 12.6. The molecule has 1 aromatic heterocycles. The first kappa shape index (κ1) is 36.6. The minimum Gasteiger partial charge on any atom is -0.228 e. The molecule has 0 amide bonds. The van der Waals surface area contributed by atoms with Crippen molar-refractivity contribution in [3.8, 4) is 67.3 Å². The minimum atomic E-state index is -0.549. The average Bonchev–Trinajstić information content (AvgIpc) is 3.66. The van der Waals surface area contributed by atoms with Crippen molar-refractivity contribution in [3.63, 3.8) is 0 Å². The summed E-state index contributed by atoms with van der Waals surface area (Å²) in [4.78, 5) is 10.3. The highest BCUT2D eigenvalue weighted by molar-refractivity contribution is 6.05. The molecule has 0 unspecified atom stereocenters. The van der Waals surface area contributed by atoms with E-state index in [-0.39, 0.29) is 0 Å². The molecule has 0 spiro atoms. The van der Waals surface area contributed by atoms with E-state index >= 15 is 0 Å². The topological polar surface area (TPSA) is 25.8 Å². The summed E-state index contributed by atoms with van der Waals surface area (Å²) in [5.74, 6) is 0.709. The van der Waals surface area contributed by atoms with E-state index in [4.69, 9.17) is 9.97 Å². The van der Waals surface area contributed by atoms with Gasteiger partial charge < -0.3 is 0 Å². The summed E-state index contributed by atoms with van der Waals surface area (Å²) in [5.41, 5.74) is 16.8. The predicted octanol–water partition coefficient (Wildman–Crippen LogP) is 15.5. The monoisotopic (exact) mass is 800 g/mol. The van der Waals surface area contributed by atoms with Crippen LogP contribution in [0, 0.1) is 0 Å². The summed E-state index contributed by atoms with van der Waals surface area (Å²) in [6, 6.07) is 88.0. The van der Waals surface area contributed by atoms with Crippen LogP contribution in [0.2, 0.25) is 0 Å². The van der Waals surface area contributed by atoms with Crippen LogP contribution in [0.15, 0.2) is 243 Å². The molecule has 2 heteroatoms. The number of benzene rings is 10. The standard InChI is InChI=1S/C61H40N2/c1-5-19-41(20-6-1)57-40-58(63-60(62-57)42-21-7-2-8-22-42)53-36-35-49(51-31-15-16-32-52(51)53)45-25-17-26-46(37-45)50-33-18-34-54-55-38-43-23-13-14-24-44(43)39-56(55)61(59(50)54,47-27-9-3-10-28-47)48-29-11-4-12-30-48/h1-40H. The van der Waals surface area contributed by atoms with Gasteiger partial charge in [0.05, 0.1) is 16.8 Å². The van der Waals surface area contributed by atoms with E-state index in [1.807, 2.05) is 24.3 Å². The Morgan fingerprint density at radius 2 is 0.778 bits per heavy atom. The van der Waals surface area contributed by atoms with Crippen LogP contribution in [0.4, 0.5) is 0 Å². The third-order valence-corrected chi connectivity index (χ3v) is 12.9. The molecule has 10 aromatic carbocycles. The molecule has 0 atom stereocenters. The van der Waals surface area contributed by atoms with Gasteiger partial charge >= 0.3 is 0 Å². The quantitative estimate of drug-likeness (QED) is 0.160. The molecule has 1 heterocycles. The van der Waals surface area contributed by atoms with Gasteiger partial charge in [0.1, 0.15) is 0 Å². The van der Waals surface area contributed by atoms with Gasteiger partial charge in [0.2, 0.25) is 0 Å². The Morgan fingerprint density at radius 1 is 0.286 bits per heavy atom. The van der Waals surface area contributed by atoms with E-state index in [9.17, 15) is 0 Å². The van der Waals surface area contributed by atoms with Gasteiger partial charge in [-0.25, -0.2) is 9.97 Å². The van der Waals surface area contributed by atoms with Crippen LogP contribution in [-0.4, -0.2) is 9.97 Å². The number of hydrogen-bond acceptors (Lipinski definition) is 2. The molecule has 0 saturated carbocycles. The predicted molar refractivity (Wildman–Crippen MR) is 262 cm³/mol. The van der Waals surface area contributed by atoms with Gasteiger partial charge in [-0.1, -0.05) is 218 Å². The SMILES string of the molecule is c1ccc(-c2cc(-c3ccc(-c4cccc(-c5cccc6c5C(c5ccccc5)(c5ccccc5)c5cc7ccccc7cc5-6)c4)c4ccccc34)nc(-c3ccccc3)n2)cc1. The Balaban J connectivity index is 1.05. The number of fused-ring (bicyclic) bond motifs is 5. The van der Waals surface area contributed by atoms with Crippen LogP contribution in [0.5, 0.6) is 0 Å². The van der Waals surface area contributed by atoms with Gasteiger partial charge in [-0.15, -0.1) is 0 Å². The third-order valence-electron chi connectivity index (χ3n) is 12.9. The third kappa shape index (κ3) is 6.02. The lowest BCUT2D eigenvalue weighted by Gasteiger charge is -2.35. The van der Waals surface area contributed by atoms with Crippen LogP contribution in [0.25, 0.3) is 88.8 Å². The second-order valence-corrected chi connectivity index (χ2v) is 16.4. The van der Waals surface area contributed by atoms with E-state index in [0.29, 0.717) is 5.82 Å². The van der Waals surface area contributed by atoms with Crippen molar-refractivity contribution in [3.05, 3.63) is 265 Å². The molecule has 294 valence electrons. The van der Waals surface area contributed by atoms with Crippen LogP contribution in [0.1, 0.15) is 22.3 Å². The largest absolute Gasteiger partial charge is 0.228 e. The molecule has 0 saturated heterocycles. The van der Waals surface area contributed by atoms with Crippen molar-refractivity contribution in [2.24, 2.45) is 0 Å². The molecule has 0 aliphatic heterocycles. The molecule has 0 fully saturated rings. The highest BCUT2D eigenvalue weighted by atomic mass is 14.9. The second-order valence-electron chi connectivity index (χ2n) is 16.4. The second kappa shape index (κ2) is 15.1. The molecule has 0 bridgehead atoms. The van der Waals surface area contributed by atoms with Crippen LogP contribution < -0.4 is 0 Å². The molecule has 1 aliphatic rings. The van der Waals surface area contributed by atoms with E-state index < -0.39 is 5.41 Å². The van der Waals surface area contributed by atoms with E-state index in [1.165, 1.54) is 66.2 Å². The zero-order valence-corrected chi connectivity index (χ0v) is 34.5. The first-order valence-corrected chi connectivity index (χ1v) is 21.6. The maximum absolute atomic E-state index is 5.23. The molecule has 63 heavy (non-hydrogen) atoms. The zero-order chi connectivity index (χ0) is 41.7. The molecular weight excluding hydrogens is 761 g/mol. The molecule has 0 radical (unpaired) electrons. The van der Waals surface area contributed by atoms with Crippen molar-refractivity contribution in [1.82, 2.24) is 9.97 Å². The van der Waals surface area contributed by atoms with Crippen LogP contribution >= 0.6 is 0 Å². The maximum Gasteiger partial charge on any atom is 0.160 e. The lowest BCUT2D eigenvalue weighted by atomic mass is 9.66. The molecule has 2 nitrogen and oxygen atoms in total. The van der Waals surface area contributed by atoms with Gasteiger partial charge in [0, 0.05) is 16.7 Å². The van der Waals surface area contributed by atoms with Crippen molar-refractivity contribution in [2.75, 3.05) is 0 Å². The smallest absolute Gasteiger partial charge is 0.160 e. The van der Waals surface area contributed by atoms with Crippen molar-refractivity contribution in [2.45, 2.75) is 5.41 Å². The molecular formula is C61H40N2. The lowest BCUT2D eigenvalue weighted by Crippen LogP contribution is -2.29. The Hall–Kier alpha value is -8.20. The molecule has 11 aromatic rings. The molecule has 1 aliphatic carbocycles.